The van der Waals surface area contributed by atoms with Crippen LogP contribution in [0.2, 0.25) is 0 Å². The molecule has 0 unspecified atom stereocenters. The van der Waals surface area contributed by atoms with Gasteiger partial charge in [-0.05, 0) is 105 Å². The van der Waals surface area contributed by atoms with E-state index in [1.807, 2.05) is 0 Å². The van der Waals surface area contributed by atoms with Crippen LogP contribution >= 0.6 is 0 Å². The van der Waals surface area contributed by atoms with Gasteiger partial charge in [-0.25, -0.2) is 0 Å². The third-order valence-electron chi connectivity index (χ3n) is 11.7. The number of rotatable bonds is 9. The van der Waals surface area contributed by atoms with E-state index in [1.165, 1.54) is 32.7 Å². The number of nitrogens with one attached hydrogen (secondary N) is 2. The third-order valence-corrected chi connectivity index (χ3v) is 11.7. The van der Waals surface area contributed by atoms with E-state index >= 15 is 0 Å². The quantitative estimate of drug-likeness (QED) is 0.153. The molecule has 0 atom stereocenters. The van der Waals surface area contributed by atoms with Crippen molar-refractivity contribution in [3.8, 4) is 50.2 Å². The van der Waals surface area contributed by atoms with E-state index in [-0.39, 0.29) is 0 Å². The molecule has 288 valence electrons. The van der Waals surface area contributed by atoms with Crippen LogP contribution in [-0.2, 0) is 0 Å². The molecule has 0 fully saturated rings. The molecule has 0 bridgehead atoms. The zero-order chi connectivity index (χ0) is 40.5. The van der Waals surface area contributed by atoms with Crippen molar-refractivity contribution >= 4 is 55.3 Å². The van der Waals surface area contributed by atoms with Crippen molar-refractivity contribution in [1.82, 2.24) is 4.57 Å². The van der Waals surface area contributed by atoms with Gasteiger partial charge < -0.3 is 15.2 Å². The minimum Gasteiger partial charge on any atom is -0.355 e. The molecule has 11 aromatic rings. The molecule has 0 saturated carbocycles. The predicted molar refractivity (Wildman–Crippen MR) is 259 cm³/mol. The molecule has 1 heterocycles. The maximum Gasteiger partial charge on any atom is 0.0548 e. The lowest BCUT2D eigenvalue weighted by Crippen LogP contribution is -1.97. The van der Waals surface area contributed by atoms with Gasteiger partial charge in [0.25, 0.3) is 0 Å². The molecule has 0 aliphatic carbocycles. The maximum absolute atomic E-state index is 3.80. The Kier molecular flexibility index (Phi) is 9.18. The van der Waals surface area contributed by atoms with Crippen molar-refractivity contribution in [3.63, 3.8) is 0 Å². The summed E-state index contributed by atoms with van der Waals surface area (Å²) in [4.78, 5) is 0. The number of hydrogen-bond acceptors (Lipinski definition) is 2. The van der Waals surface area contributed by atoms with E-state index < -0.39 is 0 Å². The van der Waals surface area contributed by atoms with Gasteiger partial charge in [0.1, 0.15) is 0 Å². The summed E-state index contributed by atoms with van der Waals surface area (Å²) in [7, 11) is 0. The zero-order valence-corrected chi connectivity index (χ0v) is 33.5. The van der Waals surface area contributed by atoms with Crippen molar-refractivity contribution in [1.29, 1.82) is 0 Å². The molecule has 0 radical (unpaired) electrons. The van der Waals surface area contributed by atoms with Crippen LogP contribution in [0, 0.1) is 0 Å². The number of fused-ring (bicyclic) bond motifs is 4. The first kappa shape index (κ1) is 36.0. The number of benzene rings is 10. The van der Waals surface area contributed by atoms with Gasteiger partial charge in [0.15, 0.2) is 0 Å². The third kappa shape index (κ3) is 6.88. The first-order valence-corrected chi connectivity index (χ1v) is 20.8. The summed E-state index contributed by atoms with van der Waals surface area (Å²) < 4.78 is 2.44. The Labute approximate surface area is 355 Å². The Bertz CT molecular complexity index is 3340. The van der Waals surface area contributed by atoms with Gasteiger partial charge in [0, 0.05) is 55.7 Å². The molecule has 0 spiro atoms. The molecule has 0 aliphatic heterocycles. The van der Waals surface area contributed by atoms with E-state index in [1.54, 1.807) is 0 Å². The van der Waals surface area contributed by atoms with Crippen LogP contribution in [0.25, 0.3) is 82.8 Å². The van der Waals surface area contributed by atoms with Crippen LogP contribution in [0.5, 0.6) is 0 Å². The Morgan fingerprint density at radius 1 is 0.279 bits per heavy atom. The molecule has 0 aliphatic rings. The van der Waals surface area contributed by atoms with Crippen LogP contribution in [0.4, 0.5) is 22.7 Å². The number of anilines is 4. The second-order valence-electron chi connectivity index (χ2n) is 15.5. The summed E-state index contributed by atoms with van der Waals surface area (Å²) in [6.45, 7) is 0. The molecule has 0 amide bonds. The van der Waals surface area contributed by atoms with Crippen LogP contribution in [0.1, 0.15) is 0 Å². The van der Waals surface area contributed by atoms with Crippen molar-refractivity contribution in [2.75, 3.05) is 10.6 Å². The van der Waals surface area contributed by atoms with Gasteiger partial charge in [-0.15, -0.1) is 0 Å². The van der Waals surface area contributed by atoms with E-state index in [2.05, 4.69) is 252 Å². The number of aromatic nitrogens is 1. The number of hydrogen-bond donors (Lipinski definition) is 2. The Morgan fingerprint density at radius 3 is 1.70 bits per heavy atom. The summed E-state index contributed by atoms with van der Waals surface area (Å²) in [6, 6.07) is 84.9. The first-order valence-electron chi connectivity index (χ1n) is 20.8. The van der Waals surface area contributed by atoms with E-state index in [9.17, 15) is 0 Å². The van der Waals surface area contributed by atoms with Gasteiger partial charge in [-0.1, -0.05) is 170 Å². The summed E-state index contributed by atoms with van der Waals surface area (Å²) in [5.41, 5.74) is 17.0. The fourth-order valence-electron chi connectivity index (χ4n) is 8.80. The molecule has 11 rings (SSSR count). The number of nitrogens with zero attached hydrogens (tertiary/aromatic N) is 1. The van der Waals surface area contributed by atoms with Crippen LogP contribution in [0.3, 0.4) is 0 Å². The van der Waals surface area contributed by atoms with Gasteiger partial charge in [-0.3, -0.25) is 0 Å². The van der Waals surface area contributed by atoms with E-state index in [0.717, 1.165) is 72.9 Å². The largest absolute Gasteiger partial charge is 0.355 e. The van der Waals surface area contributed by atoms with Crippen molar-refractivity contribution < 1.29 is 0 Å². The van der Waals surface area contributed by atoms with Crippen LogP contribution in [-0.4, -0.2) is 4.57 Å². The molecule has 3 nitrogen and oxygen atoms in total. The minimum absolute atomic E-state index is 1.05. The monoisotopic (exact) mass is 779 g/mol. The fraction of sp³-hybridized carbons (Fsp3) is 0. The first-order chi connectivity index (χ1) is 30.2. The lowest BCUT2D eigenvalue weighted by Gasteiger charge is -2.15. The van der Waals surface area contributed by atoms with E-state index in [4.69, 9.17) is 0 Å². The molecule has 2 N–H and O–H groups in total. The standard InChI is InChI=1S/C58H41N3/c1-4-17-40(18-5-1)44-24-15-28-48(36-44)61-57-34-33-45(37-52(57)53-38-56(59-47-26-8-3-9-27-47)51(39-58(53)61)42-19-6-2-7-20-42)43-23-14-25-46(35-43)50-30-12-13-31-54(50)60-55-32-16-22-41-21-10-11-29-49(41)55/h1-39,59-60H. The van der Waals surface area contributed by atoms with Gasteiger partial charge >= 0.3 is 0 Å². The predicted octanol–water partition coefficient (Wildman–Crippen LogP) is 16.1. The average Bonchev–Trinajstić information content (AvgIpc) is 3.65. The second kappa shape index (κ2) is 15.6. The topological polar surface area (TPSA) is 29.0 Å². The maximum atomic E-state index is 3.80. The summed E-state index contributed by atoms with van der Waals surface area (Å²) in [6.07, 6.45) is 0. The highest BCUT2D eigenvalue weighted by Gasteiger charge is 2.19. The Balaban J connectivity index is 1.08. The van der Waals surface area contributed by atoms with Gasteiger partial charge in [-0.2, -0.15) is 0 Å². The van der Waals surface area contributed by atoms with Crippen LogP contribution in [0.15, 0.2) is 237 Å². The van der Waals surface area contributed by atoms with Gasteiger partial charge in [0.05, 0.1) is 11.0 Å². The Hall–Kier alpha value is -8.14. The smallest absolute Gasteiger partial charge is 0.0548 e. The summed E-state index contributed by atoms with van der Waals surface area (Å²) >= 11 is 0. The lowest BCUT2D eigenvalue weighted by atomic mass is 9.96. The highest BCUT2D eigenvalue weighted by atomic mass is 15.0. The highest BCUT2D eigenvalue weighted by molar-refractivity contribution is 6.13. The van der Waals surface area contributed by atoms with Gasteiger partial charge in [0.2, 0.25) is 0 Å². The molecular formula is C58H41N3. The summed E-state index contributed by atoms with van der Waals surface area (Å²) in [5, 5.41) is 12.4. The van der Waals surface area contributed by atoms with Crippen molar-refractivity contribution in [2.24, 2.45) is 0 Å². The summed E-state index contributed by atoms with van der Waals surface area (Å²) in [5.74, 6) is 0. The highest BCUT2D eigenvalue weighted by Crippen LogP contribution is 2.42. The molecule has 10 aromatic carbocycles. The molecule has 61 heavy (non-hydrogen) atoms. The zero-order valence-electron chi connectivity index (χ0n) is 33.5. The molecule has 1 aromatic heterocycles. The van der Waals surface area contributed by atoms with Crippen molar-refractivity contribution in [3.05, 3.63) is 237 Å². The SMILES string of the molecule is c1ccc(Nc2cc3c4cc(-c5cccc(-c6ccccc6Nc6cccc7ccccc67)c5)ccc4n(-c4cccc(-c5ccccc5)c4)c3cc2-c2ccccc2)cc1. The normalized spacial score (nSPS) is 11.3. The minimum atomic E-state index is 1.05. The van der Waals surface area contributed by atoms with E-state index in [0.29, 0.717) is 0 Å². The average molecular weight is 780 g/mol. The number of para-hydroxylation sites is 2. The molecular weight excluding hydrogens is 739 g/mol. The molecule has 0 saturated heterocycles. The van der Waals surface area contributed by atoms with Crippen molar-refractivity contribution in [2.45, 2.75) is 0 Å². The van der Waals surface area contributed by atoms with Crippen LogP contribution < -0.4 is 10.6 Å². The molecule has 3 heteroatoms. The fourth-order valence-corrected chi connectivity index (χ4v) is 8.80. The second-order valence-corrected chi connectivity index (χ2v) is 15.5. The Morgan fingerprint density at radius 2 is 0.869 bits per heavy atom. The lowest BCUT2D eigenvalue weighted by molar-refractivity contribution is 1.18.